The van der Waals surface area contributed by atoms with Crippen LogP contribution < -0.4 is 0 Å². The standard InChI is InChI=1S/C60H38N4S/c1-3-11-39(12-4-1)41-24-30-46(31-25-41)57-62-58(47-32-26-42(27-33-47)40-13-5-2-6-14-40)64-59(63-57)51-19-8-18-50(38-51)49-17-7-16-48(37-49)43-22-28-44(29-23-43)52-35-34-45-15-9-21-54-55(45)56(52)53-20-10-36-61-60(53)65-54/h1-38H. The molecule has 0 saturated heterocycles. The normalized spacial score (nSPS) is 11.6. The van der Waals surface area contributed by atoms with Crippen molar-refractivity contribution in [3.8, 4) is 101 Å². The van der Waals surface area contributed by atoms with E-state index in [0.29, 0.717) is 17.5 Å². The molecule has 304 valence electrons. The average molecular weight is 847 g/mol. The van der Waals surface area contributed by atoms with E-state index in [1.807, 2.05) is 24.4 Å². The fraction of sp³-hybridized carbons (Fsp3) is 0. The van der Waals surface area contributed by atoms with Crippen LogP contribution >= 0.6 is 11.8 Å². The van der Waals surface area contributed by atoms with Gasteiger partial charge in [0, 0.05) is 44.3 Å². The first kappa shape index (κ1) is 38.4. The number of hydrogen-bond donors (Lipinski definition) is 0. The summed E-state index contributed by atoms with van der Waals surface area (Å²) in [6, 6.07) is 79.3. The summed E-state index contributed by atoms with van der Waals surface area (Å²) in [6.45, 7) is 0. The molecule has 0 radical (unpaired) electrons. The fourth-order valence-electron chi connectivity index (χ4n) is 8.92. The summed E-state index contributed by atoms with van der Waals surface area (Å²) in [5.41, 5.74) is 16.7. The lowest BCUT2D eigenvalue weighted by atomic mass is 9.89. The molecule has 4 nitrogen and oxygen atoms in total. The first-order chi connectivity index (χ1) is 32.2. The van der Waals surface area contributed by atoms with Crippen molar-refractivity contribution < 1.29 is 0 Å². The Hall–Kier alpha value is -8.25. The maximum absolute atomic E-state index is 5.12. The minimum absolute atomic E-state index is 0.620. The van der Waals surface area contributed by atoms with Crippen LogP contribution in [0.3, 0.4) is 0 Å². The van der Waals surface area contributed by atoms with Gasteiger partial charge in [-0.3, -0.25) is 0 Å². The monoisotopic (exact) mass is 846 g/mol. The number of pyridine rings is 1. The second-order valence-electron chi connectivity index (χ2n) is 16.2. The Morgan fingerprint density at radius 1 is 0.292 bits per heavy atom. The highest BCUT2D eigenvalue weighted by Crippen LogP contribution is 2.50. The second kappa shape index (κ2) is 16.5. The molecule has 9 aromatic carbocycles. The van der Waals surface area contributed by atoms with Crippen molar-refractivity contribution in [1.82, 2.24) is 19.9 Å². The maximum atomic E-state index is 5.12. The Morgan fingerprint density at radius 2 is 0.738 bits per heavy atom. The van der Waals surface area contributed by atoms with E-state index < -0.39 is 0 Å². The first-order valence-electron chi connectivity index (χ1n) is 21.8. The Balaban J connectivity index is 0.883. The summed E-state index contributed by atoms with van der Waals surface area (Å²) in [5, 5.41) is 3.60. The van der Waals surface area contributed by atoms with Gasteiger partial charge >= 0.3 is 0 Å². The molecule has 5 heteroatoms. The molecule has 1 aliphatic heterocycles. The lowest BCUT2D eigenvalue weighted by Gasteiger charge is -2.22. The molecule has 2 aromatic heterocycles. The largest absolute Gasteiger partial charge is 0.249 e. The van der Waals surface area contributed by atoms with E-state index >= 15 is 0 Å². The zero-order valence-corrected chi connectivity index (χ0v) is 36.0. The molecule has 0 saturated carbocycles. The van der Waals surface area contributed by atoms with Crippen LogP contribution in [-0.2, 0) is 0 Å². The molecular formula is C60H38N4S. The van der Waals surface area contributed by atoms with Crippen molar-refractivity contribution in [3.63, 3.8) is 0 Å². The molecule has 0 amide bonds. The summed E-state index contributed by atoms with van der Waals surface area (Å²) in [7, 11) is 0. The van der Waals surface area contributed by atoms with Crippen LogP contribution in [0.4, 0.5) is 0 Å². The quantitative estimate of drug-likeness (QED) is 0.152. The van der Waals surface area contributed by atoms with E-state index in [9.17, 15) is 0 Å². The van der Waals surface area contributed by atoms with E-state index in [4.69, 9.17) is 19.9 Å². The van der Waals surface area contributed by atoms with Crippen molar-refractivity contribution in [2.45, 2.75) is 9.92 Å². The number of aromatic nitrogens is 4. The lowest BCUT2D eigenvalue weighted by molar-refractivity contribution is 1.07. The predicted octanol–water partition coefficient (Wildman–Crippen LogP) is 15.9. The zero-order valence-electron chi connectivity index (χ0n) is 35.1. The Labute approximate surface area is 382 Å². The van der Waals surface area contributed by atoms with E-state index in [0.717, 1.165) is 55.1 Å². The molecule has 0 unspecified atom stereocenters. The van der Waals surface area contributed by atoms with Gasteiger partial charge in [-0.1, -0.05) is 212 Å². The van der Waals surface area contributed by atoms with E-state index in [1.54, 1.807) is 11.8 Å². The smallest absolute Gasteiger partial charge is 0.164 e. The van der Waals surface area contributed by atoms with Crippen molar-refractivity contribution in [3.05, 3.63) is 231 Å². The minimum atomic E-state index is 0.620. The van der Waals surface area contributed by atoms with Crippen LogP contribution in [-0.4, -0.2) is 19.9 Å². The van der Waals surface area contributed by atoms with Crippen LogP contribution in [0.5, 0.6) is 0 Å². The van der Waals surface area contributed by atoms with Gasteiger partial charge in [0.25, 0.3) is 0 Å². The predicted molar refractivity (Wildman–Crippen MR) is 268 cm³/mol. The van der Waals surface area contributed by atoms with Crippen molar-refractivity contribution in [2.75, 3.05) is 0 Å². The third-order valence-corrected chi connectivity index (χ3v) is 13.3. The molecule has 1 aliphatic rings. The number of benzene rings is 9. The molecular weight excluding hydrogens is 809 g/mol. The number of nitrogens with zero attached hydrogens (tertiary/aromatic N) is 4. The SMILES string of the molecule is c1ccc(-c2ccc(-c3nc(-c4ccc(-c5ccccc5)cc4)nc(-c4cccc(-c5cccc(-c6ccc(-c7ccc8cccc9c8c7-c7cccnc7S9)cc6)c5)c4)n3)cc2)cc1. The van der Waals surface area contributed by atoms with Gasteiger partial charge in [-0.2, -0.15) is 0 Å². The first-order valence-corrected chi connectivity index (χ1v) is 22.6. The number of hydrogen-bond acceptors (Lipinski definition) is 5. The summed E-state index contributed by atoms with van der Waals surface area (Å²) in [4.78, 5) is 21.3. The molecule has 3 heterocycles. The topological polar surface area (TPSA) is 51.6 Å². The Kier molecular flexibility index (Phi) is 9.73. The highest BCUT2D eigenvalue weighted by Gasteiger charge is 2.23. The van der Waals surface area contributed by atoms with Crippen LogP contribution in [0.15, 0.2) is 241 Å². The van der Waals surface area contributed by atoms with Gasteiger partial charge < -0.3 is 0 Å². The lowest BCUT2D eigenvalue weighted by Crippen LogP contribution is -2.00. The zero-order chi connectivity index (χ0) is 43.1. The number of fused-ring (bicyclic) bond motifs is 2. The van der Waals surface area contributed by atoms with Crippen molar-refractivity contribution >= 4 is 22.5 Å². The highest BCUT2D eigenvalue weighted by atomic mass is 32.2. The van der Waals surface area contributed by atoms with Gasteiger partial charge in [-0.05, 0) is 85.3 Å². The summed E-state index contributed by atoms with van der Waals surface area (Å²) in [6.07, 6.45) is 1.89. The summed E-state index contributed by atoms with van der Waals surface area (Å²) in [5.74, 6) is 1.87. The molecule has 11 aromatic rings. The Bertz CT molecular complexity index is 3430. The van der Waals surface area contributed by atoms with Crippen LogP contribution in [0.2, 0.25) is 0 Å². The second-order valence-corrected chi connectivity index (χ2v) is 17.3. The van der Waals surface area contributed by atoms with E-state index in [-0.39, 0.29) is 0 Å². The van der Waals surface area contributed by atoms with Crippen LogP contribution in [0.1, 0.15) is 0 Å². The Morgan fingerprint density at radius 3 is 1.34 bits per heavy atom. The molecule has 0 N–H and O–H groups in total. The third-order valence-electron chi connectivity index (χ3n) is 12.2. The summed E-state index contributed by atoms with van der Waals surface area (Å²) >= 11 is 1.76. The molecule has 0 atom stereocenters. The highest BCUT2D eigenvalue weighted by molar-refractivity contribution is 7.99. The minimum Gasteiger partial charge on any atom is -0.249 e. The molecule has 65 heavy (non-hydrogen) atoms. The number of rotatable bonds is 8. The molecule has 12 rings (SSSR count). The van der Waals surface area contributed by atoms with E-state index in [1.165, 1.54) is 49.0 Å². The molecule has 0 bridgehead atoms. The maximum Gasteiger partial charge on any atom is 0.164 e. The van der Waals surface area contributed by atoms with Crippen molar-refractivity contribution in [2.24, 2.45) is 0 Å². The van der Waals surface area contributed by atoms with Crippen LogP contribution in [0.25, 0.3) is 112 Å². The molecule has 0 spiro atoms. The van der Waals surface area contributed by atoms with Crippen molar-refractivity contribution in [1.29, 1.82) is 0 Å². The molecule has 0 aliphatic carbocycles. The average Bonchev–Trinajstić information content (AvgIpc) is 3.39. The van der Waals surface area contributed by atoms with Gasteiger partial charge in [0.1, 0.15) is 5.03 Å². The van der Waals surface area contributed by atoms with Gasteiger partial charge in [0.05, 0.1) is 0 Å². The molecule has 0 fully saturated rings. The van der Waals surface area contributed by atoms with Gasteiger partial charge in [0.15, 0.2) is 17.5 Å². The van der Waals surface area contributed by atoms with E-state index in [2.05, 4.69) is 206 Å². The fourth-order valence-corrected chi connectivity index (χ4v) is 9.99. The van der Waals surface area contributed by atoms with Crippen LogP contribution in [0, 0.1) is 0 Å². The van der Waals surface area contributed by atoms with Gasteiger partial charge in [-0.15, -0.1) is 0 Å². The third kappa shape index (κ3) is 7.38. The van der Waals surface area contributed by atoms with Gasteiger partial charge in [-0.25, -0.2) is 19.9 Å². The van der Waals surface area contributed by atoms with Gasteiger partial charge in [0.2, 0.25) is 0 Å². The summed E-state index contributed by atoms with van der Waals surface area (Å²) < 4.78 is 0.